The molecule has 0 saturated carbocycles. The van der Waals surface area contributed by atoms with Crippen LogP contribution in [0.3, 0.4) is 0 Å². The lowest BCUT2D eigenvalue weighted by atomic mass is 10.1. The van der Waals surface area contributed by atoms with Gasteiger partial charge in [0, 0.05) is 20.3 Å². The maximum atomic E-state index is 11.3. The first-order valence-corrected chi connectivity index (χ1v) is 6.81. The predicted octanol–water partition coefficient (Wildman–Crippen LogP) is 1.25. The van der Waals surface area contributed by atoms with Crippen molar-refractivity contribution in [2.45, 2.75) is 0 Å². The molecular formula is C13H16N2O10. The van der Waals surface area contributed by atoms with Crippen LogP contribution < -0.4 is 9.47 Å². The van der Waals surface area contributed by atoms with Crippen LogP contribution in [-0.4, -0.2) is 61.6 Å². The summed E-state index contributed by atoms with van der Waals surface area (Å²) in [7, 11) is 2.72. The molecule has 1 rings (SSSR count). The summed E-state index contributed by atoms with van der Waals surface area (Å²) in [6.45, 7) is -0.317. The van der Waals surface area contributed by atoms with Gasteiger partial charge in [-0.3, -0.25) is 20.2 Å². The van der Waals surface area contributed by atoms with Crippen LogP contribution in [0, 0.1) is 20.2 Å². The number of methoxy groups -OCH3 is 2. The Morgan fingerprint density at radius 2 is 1.52 bits per heavy atom. The maximum Gasteiger partial charge on any atom is 0.343 e. The minimum absolute atomic E-state index is 0.0137. The van der Waals surface area contributed by atoms with Crippen LogP contribution in [0.15, 0.2) is 6.07 Å². The lowest BCUT2D eigenvalue weighted by molar-refractivity contribution is -0.390. The van der Waals surface area contributed by atoms with Crippen LogP contribution in [0.5, 0.6) is 11.5 Å². The predicted molar refractivity (Wildman–Crippen MR) is 81.5 cm³/mol. The Balaban J connectivity index is 3.60. The molecule has 0 aliphatic heterocycles. The molecule has 0 aliphatic rings. The standard InChI is InChI=1S/C13H16N2O10/c1-22-3-5-24-11-9(14(18)19)7-8(13(16)17)10(15(20)21)12(11)25-6-4-23-2/h7H,3-6H2,1-2H3,(H,16,17). The second-order valence-corrected chi connectivity index (χ2v) is 4.45. The molecule has 0 amide bonds. The van der Waals surface area contributed by atoms with Gasteiger partial charge < -0.3 is 24.1 Å². The third-order valence-corrected chi connectivity index (χ3v) is 2.87. The fourth-order valence-corrected chi connectivity index (χ4v) is 1.82. The van der Waals surface area contributed by atoms with Crippen molar-refractivity contribution in [2.24, 2.45) is 0 Å². The Morgan fingerprint density at radius 3 is 1.92 bits per heavy atom. The first-order chi connectivity index (χ1) is 11.8. The van der Waals surface area contributed by atoms with E-state index in [-0.39, 0.29) is 26.4 Å². The number of benzene rings is 1. The molecule has 25 heavy (non-hydrogen) atoms. The van der Waals surface area contributed by atoms with E-state index in [9.17, 15) is 25.0 Å². The van der Waals surface area contributed by atoms with E-state index in [1.807, 2.05) is 0 Å². The summed E-state index contributed by atoms with van der Waals surface area (Å²) in [4.78, 5) is 31.9. The molecule has 0 aromatic heterocycles. The average molecular weight is 360 g/mol. The number of rotatable bonds is 11. The van der Waals surface area contributed by atoms with E-state index in [4.69, 9.17) is 24.1 Å². The van der Waals surface area contributed by atoms with E-state index in [1.165, 1.54) is 14.2 Å². The minimum Gasteiger partial charge on any atom is -0.482 e. The largest absolute Gasteiger partial charge is 0.482 e. The molecule has 1 aromatic rings. The summed E-state index contributed by atoms with van der Waals surface area (Å²) in [5.74, 6) is -2.91. The van der Waals surface area contributed by atoms with Crippen molar-refractivity contribution in [3.63, 3.8) is 0 Å². The SMILES string of the molecule is COCCOc1c([N+](=O)[O-])cc(C(=O)O)c([N+](=O)[O-])c1OCCOC. The third kappa shape index (κ3) is 4.99. The number of nitro benzene ring substituents is 2. The topological polar surface area (TPSA) is 160 Å². The van der Waals surface area contributed by atoms with Gasteiger partial charge in [-0.1, -0.05) is 0 Å². The molecular weight excluding hydrogens is 344 g/mol. The van der Waals surface area contributed by atoms with Crippen LogP contribution in [0.25, 0.3) is 0 Å². The van der Waals surface area contributed by atoms with Crippen LogP contribution in [0.4, 0.5) is 11.4 Å². The molecule has 0 aliphatic carbocycles. The highest BCUT2D eigenvalue weighted by molar-refractivity contribution is 5.96. The van der Waals surface area contributed by atoms with Crippen molar-refractivity contribution in [1.82, 2.24) is 0 Å². The number of hydrogen-bond acceptors (Lipinski definition) is 9. The quantitative estimate of drug-likeness (QED) is 0.345. The summed E-state index contributed by atoms with van der Waals surface area (Å²) >= 11 is 0. The molecule has 1 N–H and O–H groups in total. The molecule has 0 heterocycles. The number of hydrogen-bond donors (Lipinski definition) is 1. The summed E-state index contributed by atoms with van der Waals surface area (Å²) < 4.78 is 19.9. The number of carbonyl (C=O) groups is 1. The average Bonchev–Trinajstić information content (AvgIpc) is 2.54. The van der Waals surface area contributed by atoms with Crippen molar-refractivity contribution < 1.29 is 38.7 Å². The molecule has 12 heteroatoms. The van der Waals surface area contributed by atoms with Gasteiger partial charge in [0.2, 0.25) is 11.5 Å². The van der Waals surface area contributed by atoms with E-state index >= 15 is 0 Å². The van der Waals surface area contributed by atoms with E-state index in [0.717, 1.165) is 0 Å². The molecule has 0 unspecified atom stereocenters. The van der Waals surface area contributed by atoms with Crippen molar-refractivity contribution in [1.29, 1.82) is 0 Å². The van der Waals surface area contributed by atoms with Crippen molar-refractivity contribution in [2.75, 3.05) is 40.6 Å². The van der Waals surface area contributed by atoms with Crippen molar-refractivity contribution in [3.05, 3.63) is 31.9 Å². The highest BCUT2D eigenvalue weighted by atomic mass is 16.6. The van der Waals surface area contributed by atoms with E-state index in [0.29, 0.717) is 6.07 Å². The molecule has 138 valence electrons. The minimum atomic E-state index is -1.71. The number of nitro groups is 2. The van der Waals surface area contributed by atoms with Gasteiger partial charge in [0.1, 0.15) is 18.8 Å². The first kappa shape index (κ1) is 20.1. The monoisotopic (exact) mass is 360 g/mol. The Morgan fingerprint density at radius 1 is 1.00 bits per heavy atom. The van der Waals surface area contributed by atoms with Gasteiger partial charge in [-0.2, -0.15) is 0 Å². The second-order valence-electron chi connectivity index (χ2n) is 4.45. The van der Waals surface area contributed by atoms with Crippen LogP contribution in [0.2, 0.25) is 0 Å². The lowest BCUT2D eigenvalue weighted by Gasteiger charge is -2.14. The smallest absolute Gasteiger partial charge is 0.343 e. The van der Waals surface area contributed by atoms with Gasteiger partial charge in [-0.25, -0.2) is 4.79 Å². The normalized spacial score (nSPS) is 10.3. The third-order valence-electron chi connectivity index (χ3n) is 2.87. The molecule has 0 bridgehead atoms. The summed E-state index contributed by atoms with van der Waals surface area (Å²) in [6.07, 6.45) is 0. The van der Waals surface area contributed by atoms with Gasteiger partial charge in [0.25, 0.3) is 0 Å². The highest BCUT2D eigenvalue weighted by Crippen LogP contribution is 2.46. The zero-order valence-electron chi connectivity index (χ0n) is 13.4. The Hall–Kier alpha value is -2.99. The lowest BCUT2D eigenvalue weighted by Crippen LogP contribution is -2.14. The van der Waals surface area contributed by atoms with Gasteiger partial charge in [0.05, 0.1) is 23.1 Å². The Labute approximate surface area is 141 Å². The van der Waals surface area contributed by atoms with Crippen LogP contribution in [0.1, 0.15) is 10.4 Å². The van der Waals surface area contributed by atoms with Gasteiger partial charge in [0.15, 0.2) is 0 Å². The second kappa shape index (κ2) is 9.34. The maximum absolute atomic E-state index is 11.3. The van der Waals surface area contributed by atoms with Crippen molar-refractivity contribution >= 4 is 17.3 Å². The van der Waals surface area contributed by atoms with Gasteiger partial charge in [-0.15, -0.1) is 0 Å². The van der Waals surface area contributed by atoms with Crippen LogP contribution >= 0.6 is 0 Å². The molecule has 1 aromatic carbocycles. The summed E-state index contributed by atoms with van der Waals surface area (Å²) in [6, 6.07) is 0.561. The van der Waals surface area contributed by atoms with Gasteiger partial charge >= 0.3 is 17.3 Å². The first-order valence-electron chi connectivity index (χ1n) is 6.81. The number of carboxylic acid groups (broad SMARTS) is 1. The Bertz CT molecular complexity index is 661. The summed E-state index contributed by atoms with van der Waals surface area (Å²) in [5, 5.41) is 31.7. The molecule has 0 fully saturated rings. The fraction of sp³-hybridized carbons (Fsp3) is 0.462. The van der Waals surface area contributed by atoms with Crippen molar-refractivity contribution in [3.8, 4) is 11.5 Å². The van der Waals surface area contributed by atoms with E-state index < -0.39 is 44.3 Å². The van der Waals surface area contributed by atoms with E-state index in [2.05, 4.69) is 0 Å². The summed E-state index contributed by atoms with van der Waals surface area (Å²) in [5.41, 5.74) is -2.60. The molecule has 0 atom stereocenters. The Kier molecular flexibility index (Phi) is 7.49. The van der Waals surface area contributed by atoms with Crippen LogP contribution in [-0.2, 0) is 9.47 Å². The van der Waals surface area contributed by atoms with E-state index in [1.54, 1.807) is 0 Å². The highest BCUT2D eigenvalue weighted by Gasteiger charge is 2.36. The number of carboxylic acids is 1. The zero-order chi connectivity index (χ0) is 19.0. The number of aromatic carboxylic acids is 1. The number of nitrogens with zero attached hydrogens (tertiary/aromatic N) is 2. The number of ether oxygens (including phenoxy) is 4. The fourth-order valence-electron chi connectivity index (χ4n) is 1.82. The zero-order valence-corrected chi connectivity index (χ0v) is 13.4. The molecule has 12 nitrogen and oxygen atoms in total. The molecule has 0 spiro atoms. The molecule has 0 radical (unpaired) electrons. The molecule has 0 saturated heterocycles. The van der Waals surface area contributed by atoms with Gasteiger partial charge in [-0.05, 0) is 0 Å².